The molecule has 0 spiro atoms. The molecule has 3 rings (SSSR count). The Morgan fingerprint density at radius 1 is 1.17 bits per heavy atom. The Morgan fingerprint density at radius 2 is 1.86 bits per heavy atom. The second kappa shape index (κ2) is 11.9. The van der Waals surface area contributed by atoms with Crippen molar-refractivity contribution in [2.75, 3.05) is 23.3 Å². The number of benzene rings is 1. The molecule has 1 amide bonds. The van der Waals surface area contributed by atoms with Crippen LogP contribution in [-0.2, 0) is 9.53 Å². The van der Waals surface area contributed by atoms with Crippen molar-refractivity contribution in [3.05, 3.63) is 70.7 Å². The number of hydrogen-bond acceptors (Lipinski definition) is 3. The average molecular weight is 499 g/mol. The van der Waals surface area contributed by atoms with Gasteiger partial charge in [-0.3, -0.25) is 4.79 Å². The van der Waals surface area contributed by atoms with Crippen molar-refractivity contribution in [3.8, 4) is 0 Å². The highest BCUT2D eigenvalue weighted by molar-refractivity contribution is 5.93. The number of fused-ring (bicyclic) bond motifs is 1. The summed E-state index contributed by atoms with van der Waals surface area (Å²) >= 11 is 0. The van der Waals surface area contributed by atoms with Crippen LogP contribution in [0.4, 0.5) is 20.2 Å². The van der Waals surface area contributed by atoms with Gasteiger partial charge in [-0.15, -0.1) is 0 Å². The van der Waals surface area contributed by atoms with E-state index in [1.165, 1.54) is 11.1 Å². The Hall–Kier alpha value is -2.89. The van der Waals surface area contributed by atoms with E-state index in [0.29, 0.717) is 17.9 Å². The summed E-state index contributed by atoms with van der Waals surface area (Å²) < 4.78 is 30.8. The third kappa shape index (κ3) is 8.07. The van der Waals surface area contributed by atoms with Gasteiger partial charge in [-0.25, -0.2) is 8.78 Å². The molecule has 1 aromatic rings. The zero-order valence-corrected chi connectivity index (χ0v) is 22.3. The summed E-state index contributed by atoms with van der Waals surface area (Å²) in [4.78, 5) is 14.9. The summed E-state index contributed by atoms with van der Waals surface area (Å²) in [6.45, 7) is 15.8. The van der Waals surface area contributed by atoms with E-state index in [9.17, 15) is 13.6 Å². The molecule has 6 heteroatoms. The maximum Gasteiger partial charge on any atom is 0.239 e. The van der Waals surface area contributed by atoms with Crippen LogP contribution in [0.25, 0.3) is 0 Å². The number of anilines is 2. The van der Waals surface area contributed by atoms with Crippen LogP contribution in [0.3, 0.4) is 0 Å². The Bertz CT molecular complexity index is 1050. The lowest BCUT2D eigenvalue weighted by Crippen LogP contribution is -2.25. The fourth-order valence-electron chi connectivity index (χ4n) is 4.68. The first-order chi connectivity index (χ1) is 16.9. The molecule has 1 aromatic carbocycles. The number of alkyl halides is 2. The van der Waals surface area contributed by atoms with Crippen LogP contribution in [-0.4, -0.2) is 25.4 Å². The van der Waals surface area contributed by atoms with Crippen LogP contribution >= 0.6 is 0 Å². The summed E-state index contributed by atoms with van der Waals surface area (Å²) in [5.74, 6) is 1.10. The van der Waals surface area contributed by atoms with Crippen molar-refractivity contribution >= 4 is 17.3 Å². The van der Waals surface area contributed by atoms with Crippen LogP contribution in [0.2, 0.25) is 0 Å². The molecule has 4 nitrogen and oxygen atoms in total. The molecule has 1 aliphatic carbocycles. The third-order valence-electron chi connectivity index (χ3n) is 6.39. The summed E-state index contributed by atoms with van der Waals surface area (Å²) in [6, 6.07) is 4.32. The highest BCUT2D eigenvalue weighted by Crippen LogP contribution is 2.33. The molecule has 0 bridgehead atoms. The maximum atomic E-state index is 12.5. The second-order valence-corrected chi connectivity index (χ2v) is 11.1. The minimum Gasteiger partial charge on any atom is -0.463 e. The number of hydrogen-bond donors (Lipinski definition) is 1. The van der Waals surface area contributed by atoms with Gasteiger partial charge < -0.3 is 15.0 Å². The van der Waals surface area contributed by atoms with Gasteiger partial charge in [0.1, 0.15) is 5.76 Å². The van der Waals surface area contributed by atoms with Crippen molar-refractivity contribution in [1.82, 2.24) is 0 Å². The van der Waals surface area contributed by atoms with Gasteiger partial charge in [-0.05, 0) is 85.1 Å². The predicted octanol–water partition coefficient (Wildman–Crippen LogP) is 7.99. The monoisotopic (exact) mass is 498 g/mol. The van der Waals surface area contributed by atoms with E-state index in [2.05, 4.69) is 55.8 Å². The standard InChI is InChI=1S/C30H40F2N2O2/c1-20-15-25(16-21(2)29(20)33-28(35)18-30(4,5)6)34-14-8-10-23-17-26(11-7-9-24(23)19-34)36-22(3)12-13-27(31)32/h9,11,15-17,27H,3,7-8,10,12-14,18-19H2,1-2,4-6H3,(H,33,35). The molecule has 0 atom stereocenters. The van der Waals surface area contributed by atoms with E-state index in [1.54, 1.807) is 0 Å². The zero-order chi connectivity index (χ0) is 26.5. The molecule has 1 N–H and O–H groups in total. The first-order valence-corrected chi connectivity index (χ1v) is 12.8. The van der Waals surface area contributed by atoms with E-state index < -0.39 is 6.43 Å². The molecule has 1 aliphatic heterocycles. The fourth-order valence-corrected chi connectivity index (χ4v) is 4.68. The molecule has 1 saturated heterocycles. The minimum absolute atomic E-state index is 0.0389. The molecule has 2 aliphatic rings. The lowest BCUT2D eigenvalue weighted by molar-refractivity contribution is -0.117. The molecular weight excluding hydrogens is 458 g/mol. The van der Waals surface area contributed by atoms with E-state index in [1.807, 2.05) is 26.0 Å². The number of nitrogens with zero attached hydrogens (tertiary/aromatic N) is 1. The maximum absolute atomic E-state index is 12.5. The van der Waals surface area contributed by atoms with Crippen LogP contribution in [0.15, 0.2) is 59.6 Å². The predicted molar refractivity (Wildman–Crippen MR) is 144 cm³/mol. The van der Waals surface area contributed by atoms with E-state index in [0.717, 1.165) is 54.9 Å². The first-order valence-electron chi connectivity index (χ1n) is 12.8. The number of carbonyl (C=O) groups excluding carboxylic acids is 1. The minimum atomic E-state index is -2.35. The topological polar surface area (TPSA) is 41.6 Å². The zero-order valence-electron chi connectivity index (χ0n) is 22.3. The van der Waals surface area contributed by atoms with Crippen LogP contribution in [0.1, 0.15) is 70.4 Å². The van der Waals surface area contributed by atoms with Crippen molar-refractivity contribution < 1.29 is 18.3 Å². The fraction of sp³-hybridized carbons (Fsp3) is 0.500. The summed E-state index contributed by atoms with van der Waals surface area (Å²) in [5.41, 5.74) is 6.59. The summed E-state index contributed by atoms with van der Waals surface area (Å²) in [6.07, 6.45) is 6.92. The SMILES string of the molecule is C=C(CCC(F)F)OC1=CCC=C2CN(c3cc(C)c(NC(=O)CC(C)(C)C)c(C)c3)CCCC2=C1. The van der Waals surface area contributed by atoms with E-state index in [-0.39, 0.29) is 24.2 Å². The number of nitrogens with one attached hydrogen (secondary N) is 1. The van der Waals surface area contributed by atoms with Crippen LogP contribution in [0.5, 0.6) is 0 Å². The Morgan fingerprint density at radius 3 is 2.50 bits per heavy atom. The van der Waals surface area contributed by atoms with Gasteiger partial charge in [0.05, 0.1) is 5.76 Å². The highest BCUT2D eigenvalue weighted by atomic mass is 19.3. The quantitative estimate of drug-likeness (QED) is 0.369. The van der Waals surface area contributed by atoms with Crippen molar-refractivity contribution in [1.29, 1.82) is 0 Å². The molecule has 1 heterocycles. The van der Waals surface area contributed by atoms with E-state index in [4.69, 9.17) is 4.74 Å². The molecule has 36 heavy (non-hydrogen) atoms. The number of carbonyl (C=O) groups is 1. The molecular formula is C30H40F2N2O2. The average Bonchev–Trinajstić information content (AvgIpc) is 3.06. The Balaban J connectivity index is 1.71. The molecule has 1 fully saturated rings. The van der Waals surface area contributed by atoms with Gasteiger partial charge in [0.15, 0.2) is 0 Å². The van der Waals surface area contributed by atoms with Crippen molar-refractivity contribution in [3.63, 3.8) is 0 Å². The van der Waals surface area contributed by atoms with Crippen LogP contribution in [0, 0.1) is 19.3 Å². The van der Waals surface area contributed by atoms with E-state index >= 15 is 0 Å². The van der Waals surface area contributed by atoms with Gasteiger partial charge >= 0.3 is 0 Å². The highest BCUT2D eigenvalue weighted by Gasteiger charge is 2.21. The molecule has 0 aromatic heterocycles. The third-order valence-corrected chi connectivity index (χ3v) is 6.39. The van der Waals surface area contributed by atoms with Gasteiger partial charge in [0, 0.05) is 43.7 Å². The molecule has 0 unspecified atom stereocenters. The molecule has 196 valence electrons. The first kappa shape index (κ1) is 27.7. The second-order valence-electron chi connectivity index (χ2n) is 11.1. The molecule has 0 radical (unpaired) electrons. The number of allylic oxidation sites excluding steroid dienone is 4. The summed E-state index contributed by atoms with van der Waals surface area (Å²) in [5, 5.41) is 3.12. The smallest absolute Gasteiger partial charge is 0.239 e. The lowest BCUT2D eigenvalue weighted by Gasteiger charge is -2.26. The number of aryl methyl sites for hydroxylation is 2. The largest absolute Gasteiger partial charge is 0.463 e. The van der Waals surface area contributed by atoms with Crippen molar-refractivity contribution in [2.24, 2.45) is 5.41 Å². The normalized spacial score (nSPS) is 16.3. The van der Waals surface area contributed by atoms with Gasteiger partial charge in [-0.2, -0.15) is 0 Å². The van der Waals surface area contributed by atoms with Crippen LogP contribution < -0.4 is 10.2 Å². The number of ether oxygens (including phenoxy) is 1. The van der Waals surface area contributed by atoms with Gasteiger partial charge in [-0.1, -0.05) is 33.4 Å². The number of halogens is 2. The van der Waals surface area contributed by atoms with Crippen molar-refractivity contribution in [2.45, 2.75) is 79.6 Å². The molecule has 0 saturated carbocycles. The van der Waals surface area contributed by atoms with Gasteiger partial charge in [0.25, 0.3) is 0 Å². The number of amides is 1. The summed E-state index contributed by atoms with van der Waals surface area (Å²) in [7, 11) is 0. The lowest BCUT2D eigenvalue weighted by atomic mass is 9.92. The number of rotatable bonds is 8. The Kier molecular flexibility index (Phi) is 9.15. The van der Waals surface area contributed by atoms with Gasteiger partial charge in [0.2, 0.25) is 12.3 Å². The Labute approximate surface area is 214 Å².